The zero-order valence-electron chi connectivity index (χ0n) is 17.9. The van der Waals surface area contributed by atoms with Gasteiger partial charge in [0, 0.05) is 18.2 Å². The van der Waals surface area contributed by atoms with Crippen LogP contribution in [0.4, 0.5) is 0 Å². The number of carbonyl (C=O) groups is 3. The van der Waals surface area contributed by atoms with Crippen LogP contribution in [-0.2, 0) is 42.8 Å². The third-order valence-electron chi connectivity index (χ3n) is 3.38. The van der Waals surface area contributed by atoms with Crippen LogP contribution in [0.5, 0.6) is 0 Å². The van der Waals surface area contributed by atoms with Gasteiger partial charge in [-0.2, -0.15) is 0 Å². The Hall–Kier alpha value is -2.49. The Balaban J connectivity index is 4.55. The van der Waals surface area contributed by atoms with Crippen molar-refractivity contribution in [3.8, 4) is 0 Å². The van der Waals surface area contributed by atoms with Crippen LogP contribution in [0.2, 0.25) is 0 Å². The fourth-order valence-corrected chi connectivity index (χ4v) is 1.92. The molecule has 9 heteroatoms. The third kappa shape index (κ3) is 14.5. The monoisotopic (exact) mass is 428 g/mol. The van der Waals surface area contributed by atoms with Gasteiger partial charge in [0.25, 0.3) is 0 Å². The Bertz CT molecular complexity index is 573. The number of hydrogen-bond donors (Lipinski definition) is 0. The molecule has 0 saturated heterocycles. The molecule has 0 spiro atoms. The lowest BCUT2D eigenvalue weighted by Crippen LogP contribution is -2.33. The van der Waals surface area contributed by atoms with E-state index < -0.39 is 36.2 Å². The van der Waals surface area contributed by atoms with Crippen LogP contribution in [0.15, 0.2) is 38.0 Å². The Labute approximate surface area is 177 Å². The maximum atomic E-state index is 11.3. The van der Waals surface area contributed by atoms with Crippen LogP contribution in [0.25, 0.3) is 0 Å². The maximum absolute atomic E-state index is 11.3. The average molecular weight is 428 g/mol. The molecular weight excluding hydrogens is 396 g/mol. The number of hydrogen-bond acceptors (Lipinski definition) is 9. The number of ether oxygens (including phenoxy) is 6. The summed E-state index contributed by atoms with van der Waals surface area (Å²) in [5.41, 5.74) is 0. The van der Waals surface area contributed by atoms with Gasteiger partial charge in [-0.15, -0.1) is 0 Å². The van der Waals surface area contributed by atoms with Crippen LogP contribution in [0.3, 0.4) is 0 Å². The van der Waals surface area contributed by atoms with E-state index in [0.717, 1.165) is 18.2 Å². The van der Waals surface area contributed by atoms with Crippen molar-refractivity contribution in [2.45, 2.75) is 45.2 Å². The molecule has 0 heterocycles. The molecule has 0 bridgehead atoms. The van der Waals surface area contributed by atoms with Crippen LogP contribution < -0.4 is 0 Å². The molecule has 30 heavy (non-hydrogen) atoms. The summed E-state index contributed by atoms with van der Waals surface area (Å²) in [6.07, 6.45) is 1.34. The number of esters is 3. The van der Waals surface area contributed by atoms with Crippen molar-refractivity contribution in [1.29, 1.82) is 0 Å². The molecule has 0 aliphatic heterocycles. The lowest BCUT2D eigenvalue weighted by Gasteiger charge is -2.23. The van der Waals surface area contributed by atoms with Crippen molar-refractivity contribution in [2.75, 3.05) is 33.0 Å². The molecule has 0 rings (SSSR count). The van der Waals surface area contributed by atoms with Gasteiger partial charge >= 0.3 is 17.9 Å². The van der Waals surface area contributed by atoms with Crippen molar-refractivity contribution in [3.05, 3.63) is 38.0 Å². The highest BCUT2D eigenvalue weighted by Gasteiger charge is 2.17. The molecule has 0 aromatic carbocycles. The molecule has 4 atom stereocenters. The molecule has 0 saturated carbocycles. The van der Waals surface area contributed by atoms with E-state index in [-0.39, 0.29) is 39.1 Å². The summed E-state index contributed by atoms with van der Waals surface area (Å²) in [5.74, 6) is -1.63. The summed E-state index contributed by atoms with van der Waals surface area (Å²) >= 11 is 0. The SMILES string of the molecule is C=CC(=O)OCC(C)OCC(COCC(C)OC(=O)C=C)OCC(C)OC(=O)C=C. The van der Waals surface area contributed by atoms with Crippen LogP contribution in [-0.4, -0.2) is 75.4 Å². The molecule has 0 radical (unpaired) electrons. The lowest BCUT2D eigenvalue weighted by atomic mass is 10.3. The van der Waals surface area contributed by atoms with E-state index in [1.54, 1.807) is 20.8 Å². The highest BCUT2D eigenvalue weighted by Crippen LogP contribution is 2.04. The average Bonchev–Trinajstić information content (AvgIpc) is 2.72. The van der Waals surface area contributed by atoms with E-state index in [1.807, 2.05) is 0 Å². The summed E-state index contributed by atoms with van der Waals surface area (Å²) in [5, 5.41) is 0. The smallest absolute Gasteiger partial charge is 0.330 e. The first kappa shape index (κ1) is 27.5. The summed E-state index contributed by atoms with van der Waals surface area (Å²) in [4.78, 5) is 33.6. The molecule has 170 valence electrons. The first-order chi connectivity index (χ1) is 14.2. The Morgan fingerprint density at radius 1 is 0.667 bits per heavy atom. The summed E-state index contributed by atoms with van der Waals surface area (Å²) < 4.78 is 31.9. The van der Waals surface area contributed by atoms with Gasteiger partial charge in [-0.3, -0.25) is 0 Å². The van der Waals surface area contributed by atoms with Gasteiger partial charge in [-0.05, 0) is 20.8 Å². The van der Waals surface area contributed by atoms with Crippen molar-refractivity contribution in [1.82, 2.24) is 0 Å². The van der Waals surface area contributed by atoms with E-state index >= 15 is 0 Å². The van der Waals surface area contributed by atoms with E-state index in [0.29, 0.717) is 0 Å². The Kier molecular flexibility index (Phi) is 15.0. The standard InChI is InChI=1S/C21H32O9/c1-7-19(22)28-11-15(4)26-14-18(27-12-17(6)30-21(24)9-3)13-25-10-16(5)29-20(23)8-2/h7-9,15-18H,1-3,10-14H2,4-6H3. The van der Waals surface area contributed by atoms with E-state index in [2.05, 4.69) is 19.7 Å². The first-order valence-corrected chi connectivity index (χ1v) is 9.47. The normalized spacial score (nSPS) is 14.5. The van der Waals surface area contributed by atoms with Crippen LogP contribution >= 0.6 is 0 Å². The second-order valence-electron chi connectivity index (χ2n) is 6.37. The topological polar surface area (TPSA) is 107 Å². The van der Waals surface area contributed by atoms with Gasteiger partial charge in [-0.1, -0.05) is 19.7 Å². The Morgan fingerprint density at radius 3 is 1.73 bits per heavy atom. The van der Waals surface area contributed by atoms with Gasteiger partial charge in [0.1, 0.15) is 24.9 Å². The fourth-order valence-electron chi connectivity index (χ4n) is 1.92. The second kappa shape index (κ2) is 16.3. The maximum Gasteiger partial charge on any atom is 0.330 e. The van der Waals surface area contributed by atoms with Crippen LogP contribution in [0, 0.1) is 0 Å². The van der Waals surface area contributed by atoms with Crippen molar-refractivity contribution in [2.24, 2.45) is 0 Å². The molecular formula is C21H32O9. The zero-order chi connectivity index (χ0) is 22.9. The summed E-state index contributed by atoms with van der Waals surface area (Å²) in [7, 11) is 0. The predicted octanol–water partition coefficient (Wildman–Crippen LogP) is 1.76. The van der Waals surface area contributed by atoms with Crippen LogP contribution in [0.1, 0.15) is 20.8 Å². The lowest BCUT2D eigenvalue weighted by molar-refractivity contribution is -0.153. The number of rotatable bonds is 17. The third-order valence-corrected chi connectivity index (χ3v) is 3.38. The molecule has 0 aliphatic carbocycles. The van der Waals surface area contributed by atoms with Crippen molar-refractivity contribution >= 4 is 17.9 Å². The first-order valence-electron chi connectivity index (χ1n) is 9.47. The van der Waals surface area contributed by atoms with Gasteiger partial charge in [0.2, 0.25) is 0 Å². The molecule has 0 aliphatic rings. The highest BCUT2D eigenvalue weighted by atomic mass is 16.6. The molecule has 0 fully saturated rings. The van der Waals surface area contributed by atoms with E-state index in [4.69, 9.17) is 28.4 Å². The minimum absolute atomic E-state index is 0.0559. The quantitative estimate of drug-likeness (QED) is 0.195. The second-order valence-corrected chi connectivity index (χ2v) is 6.37. The fraction of sp³-hybridized carbons (Fsp3) is 0.571. The van der Waals surface area contributed by atoms with E-state index in [9.17, 15) is 14.4 Å². The van der Waals surface area contributed by atoms with E-state index in [1.165, 1.54) is 0 Å². The van der Waals surface area contributed by atoms with Gasteiger partial charge in [-0.25, -0.2) is 14.4 Å². The number of carbonyl (C=O) groups excluding carboxylic acids is 3. The predicted molar refractivity (Wildman–Crippen MR) is 109 cm³/mol. The van der Waals surface area contributed by atoms with Gasteiger partial charge in [0.15, 0.2) is 0 Å². The van der Waals surface area contributed by atoms with Crippen molar-refractivity contribution in [3.63, 3.8) is 0 Å². The summed E-state index contributed by atoms with van der Waals surface area (Å²) in [6, 6.07) is 0. The molecule has 0 amide bonds. The molecule has 0 aromatic heterocycles. The van der Waals surface area contributed by atoms with Gasteiger partial charge < -0.3 is 28.4 Å². The summed E-state index contributed by atoms with van der Waals surface area (Å²) in [6.45, 7) is 15.7. The van der Waals surface area contributed by atoms with Crippen molar-refractivity contribution < 1.29 is 42.8 Å². The largest absolute Gasteiger partial charge is 0.460 e. The van der Waals surface area contributed by atoms with Gasteiger partial charge in [0.05, 0.1) is 32.5 Å². The minimum atomic E-state index is -0.550. The zero-order valence-corrected chi connectivity index (χ0v) is 17.9. The molecule has 9 nitrogen and oxygen atoms in total. The molecule has 0 N–H and O–H groups in total. The minimum Gasteiger partial charge on any atom is -0.460 e. The molecule has 0 aromatic rings. The molecule has 4 unspecified atom stereocenters. The Morgan fingerprint density at radius 2 is 1.20 bits per heavy atom. The highest BCUT2D eigenvalue weighted by molar-refractivity contribution is 5.81.